The summed E-state index contributed by atoms with van der Waals surface area (Å²) >= 11 is 0. The number of piperidine rings is 1. The number of para-hydroxylation sites is 2. The van der Waals surface area contributed by atoms with Crippen LogP contribution in [0.5, 0.6) is 5.75 Å². The van der Waals surface area contributed by atoms with Gasteiger partial charge in [-0.05, 0) is 37.0 Å². The third kappa shape index (κ3) is 5.73. The summed E-state index contributed by atoms with van der Waals surface area (Å²) < 4.78 is 5.33. The van der Waals surface area contributed by atoms with Gasteiger partial charge in [-0.3, -0.25) is 9.59 Å². The third-order valence-electron chi connectivity index (χ3n) is 5.42. The number of nitrogens with two attached hydrogens (primary N) is 1. The standard InChI is InChI=1S/C23H29N3O3/c1-29-21-9-5-3-7-18(21)16-23(28)26-14-12-19(13-15-26)25-22(27)11-10-17-6-2-4-8-20(17)24/h2-9,19H,10-16,24H2,1H3,(H,25,27). The van der Waals surface area contributed by atoms with Crippen LogP contribution in [0.15, 0.2) is 48.5 Å². The predicted octanol–water partition coefficient (Wildman–Crippen LogP) is 2.56. The van der Waals surface area contributed by atoms with Crippen LogP contribution < -0.4 is 15.8 Å². The van der Waals surface area contributed by atoms with Crippen molar-refractivity contribution < 1.29 is 14.3 Å². The minimum atomic E-state index is 0.0343. The smallest absolute Gasteiger partial charge is 0.227 e. The van der Waals surface area contributed by atoms with Crippen LogP contribution in [0.25, 0.3) is 0 Å². The van der Waals surface area contributed by atoms with Crippen LogP contribution in [0.2, 0.25) is 0 Å². The van der Waals surface area contributed by atoms with Gasteiger partial charge in [0, 0.05) is 36.8 Å². The first-order valence-corrected chi connectivity index (χ1v) is 10.1. The average molecular weight is 396 g/mol. The van der Waals surface area contributed by atoms with E-state index in [0.29, 0.717) is 32.4 Å². The monoisotopic (exact) mass is 395 g/mol. The molecule has 0 aliphatic carbocycles. The molecule has 29 heavy (non-hydrogen) atoms. The van der Waals surface area contributed by atoms with Crippen LogP contribution in [0.3, 0.4) is 0 Å². The number of hydrogen-bond donors (Lipinski definition) is 2. The highest BCUT2D eigenvalue weighted by Gasteiger charge is 2.24. The van der Waals surface area contributed by atoms with E-state index >= 15 is 0 Å². The molecule has 6 heteroatoms. The van der Waals surface area contributed by atoms with Crippen LogP contribution in [-0.2, 0) is 22.4 Å². The summed E-state index contributed by atoms with van der Waals surface area (Å²) in [7, 11) is 1.61. The number of aryl methyl sites for hydroxylation is 1. The van der Waals surface area contributed by atoms with Gasteiger partial charge in [0.05, 0.1) is 13.5 Å². The van der Waals surface area contributed by atoms with E-state index in [-0.39, 0.29) is 17.9 Å². The van der Waals surface area contributed by atoms with Crippen molar-refractivity contribution in [1.29, 1.82) is 0 Å². The summed E-state index contributed by atoms with van der Waals surface area (Å²) in [5.41, 5.74) is 8.55. The maximum absolute atomic E-state index is 12.6. The number of ether oxygens (including phenoxy) is 1. The van der Waals surface area contributed by atoms with Gasteiger partial charge in [-0.1, -0.05) is 36.4 Å². The molecule has 0 spiro atoms. The lowest BCUT2D eigenvalue weighted by Gasteiger charge is -2.32. The Morgan fingerprint density at radius 2 is 1.72 bits per heavy atom. The zero-order valence-corrected chi connectivity index (χ0v) is 16.9. The zero-order chi connectivity index (χ0) is 20.6. The second-order valence-electron chi connectivity index (χ2n) is 7.41. The van der Waals surface area contributed by atoms with Gasteiger partial charge in [-0.15, -0.1) is 0 Å². The maximum Gasteiger partial charge on any atom is 0.227 e. The normalized spacial score (nSPS) is 14.4. The Morgan fingerprint density at radius 3 is 2.41 bits per heavy atom. The summed E-state index contributed by atoms with van der Waals surface area (Å²) in [6, 6.07) is 15.3. The van der Waals surface area contributed by atoms with Crippen molar-refractivity contribution >= 4 is 17.5 Å². The first kappa shape index (κ1) is 20.7. The second-order valence-corrected chi connectivity index (χ2v) is 7.41. The fraction of sp³-hybridized carbons (Fsp3) is 0.391. The second kappa shape index (κ2) is 9.96. The lowest BCUT2D eigenvalue weighted by molar-refractivity contribution is -0.131. The largest absolute Gasteiger partial charge is 0.496 e. The molecule has 0 radical (unpaired) electrons. The van der Waals surface area contributed by atoms with E-state index in [2.05, 4.69) is 5.32 Å². The van der Waals surface area contributed by atoms with Crippen molar-refractivity contribution in [2.24, 2.45) is 0 Å². The molecule has 1 heterocycles. The molecule has 0 unspecified atom stereocenters. The van der Waals surface area contributed by atoms with Gasteiger partial charge in [0.1, 0.15) is 5.75 Å². The summed E-state index contributed by atoms with van der Waals surface area (Å²) in [5, 5.41) is 3.10. The maximum atomic E-state index is 12.6. The minimum absolute atomic E-state index is 0.0343. The average Bonchev–Trinajstić information content (AvgIpc) is 2.74. The Balaban J connectivity index is 1.42. The third-order valence-corrected chi connectivity index (χ3v) is 5.42. The Kier molecular flexibility index (Phi) is 7.11. The van der Waals surface area contributed by atoms with Gasteiger partial charge in [0.2, 0.25) is 11.8 Å². The number of rotatable bonds is 7. The summed E-state index contributed by atoms with van der Waals surface area (Å²) in [5.74, 6) is 0.868. The number of nitrogens with zero attached hydrogens (tertiary/aromatic N) is 1. The van der Waals surface area contributed by atoms with E-state index in [0.717, 1.165) is 35.4 Å². The van der Waals surface area contributed by atoms with Crippen molar-refractivity contribution in [2.45, 2.75) is 38.1 Å². The van der Waals surface area contributed by atoms with Gasteiger partial charge >= 0.3 is 0 Å². The quantitative estimate of drug-likeness (QED) is 0.706. The molecule has 0 saturated carbocycles. The molecule has 1 saturated heterocycles. The van der Waals surface area contributed by atoms with Crippen molar-refractivity contribution in [3.63, 3.8) is 0 Å². The summed E-state index contributed by atoms with van der Waals surface area (Å²) in [4.78, 5) is 26.8. The van der Waals surface area contributed by atoms with Crippen LogP contribution in [0.4, 0.5) is 5.69 Å². The molecule has 2 aromatic rings. The first-order valence-electron chi connectivity index (χ1n) is 10.1. The fourth-order valence-corrected chi connectivity index (χ4v) is 3.71. The number of carbonyl (C=O) groups is 2. The SMILES string of the molecule is COc1ccccc1CC(=O)N1CCC(NC(=O)CCc2ccccc2N)CC1. The Bertz CT molecular complexity index is 845. The molecule has 6 nitrogen and oxygen atoms in total. The Hall–Kier alpha value is -3.02. The van der Waals surface area contributed by atoms with E-state index in [1.54, 1.807) is 7.11 Å². The molecular formula is C23H29N3O3. The van der Waals surface area contributed by atoms with E-state index in [4.69, 9.17) is 10.5 Å². The topological polar surface area (TPSA) is 84.7 Å². The molecule has 3 rings (SSSR count). The number of anilines is 1. The highest BCUT2D eigenvalue weighted by Crippen LogP contribution is 2.20. The van der Waals surface area contributed by atoms with Gasteiger partial charge in [-0.25, -0.2) is 0 Å². The highest BCUT2D eigenvalue weighted by molar-refractivity contribution is 5.80. The molecular weight excluding hydrogens is 366 g/mol. The number of likely N-dealkylation sites (tertiary alicyclic amines) is 1. The molecule has 1 aliphatic heterocycles. The molecule has 2 amide bonds. The van der Waals surface area contributed by atoms with Gasteiger partial charge in [0.15, 0.2) is 0 Å². The van der Waals surface area contributed by atoms with E-state index < -0.39 is 0 Å². The van der Waals surface area contributed by atoms with E-state index in [9.17, 15) is 9.59 Å². The lowest BCUT2D eigenvalue weighted by Crippen LogP contribution is -2.47. The molecule has 1 fully saturated rings. The van der Waals surface area contributed by atoms with Crippen LogP contribution in [0, 0.1) is 0 Å². The number of hydrogen-bond acceptors (Lipinski definition) is 4. The van der Waals surface area contributed by atoms with Gasteiger partial charge in [0.25, 0.3) is 0 Å². The van der Waals surface area contributed by atoms with Crippen molar-refractivity contribution in [2.75, 3.05) is 25.9 Å². The first-order chi connectivity index (χ1) is 14.1. The van der Waals surface area contributed by atoms with Crippen molar-refractivity contribution in [1.82, 2.24) is 10.2 Å². The number of benzene rings is 2. The van der Waals surface area contributed by atoms with E-state index in [1.807, 2.05) is 53.4 Å². The molecule has 0 atom stereocenters. The number of nitrogen functional groups attached to an aromatic ring is 1. The molecule has 0 bridgehead atoms. The molecule has 3 N–H and O–H groups in total. The molecule has 1 aliphatic rings. The number of carbonyl (C=O) groups excluding carboxylic acids is 2. The summed E-state index contributed by atoms with van der Waals surface area (Å²) in [6.45, 7) is 1.31. The Labute approximate surface area is 172 Å². The van der Waals surface area contributed by atoms with Crippen LogP contribution >= 0.6 is 0 Å². The van der Waals surface area contributed by atoms with Crippen LogP contribution in [0.1, 0.15) is 30.4 Å². The van der Waals surface area contributed by atoms with E-state index in [1.165, 1.54) is 0 Å². The van der Waals surface area contributed by atoms with Gasteiger partial charge in [-0.2, -0.15) is 0 Å². The summed E-state index contributed by atoms with van der Waals surface area (Å²) in [6.07, 6.45) is 2.93. The minimum Gasteiger partial charge on any atom is -0.496 e. The van der Waals surface area contributed by atoms with Gasteiger partial charge < -0.3 is 20.7 Å². The number of methoxy groups -OCH3 is 1. The molecule has 0 aromatic heterocycles. The van der Waals surface area contributed by atoms with Crippen LogP contribution in [-0.4, -0.2) is 43.0 Å². The lowest BCUT2D eigenvalue weighted by atomic mass is 10.0. The predicted molar refractivity (Wildman–Crippen MR) is 114 cm³/mol. The zero-order valence-electron chi connectivity index (χ0n) is 16.9. The molecule has 154 valence electrons. The number of amides is 2. The fourth-order valence-electron chi connectivity index (χ4n) is 3.71. The van der Waals surface area contributed by atoms with Crippen molar-refractivity contribution in [3.8, 4) is 5.75 Å². The molecule has 2 aromatic carbocycles. The number of nitrogens with one attached hydrogen (secondary N) is 1. The Morgan fingerprint density at radius 1 is 1.07 bits per heavy atom. The highest BCUT2D eigenvalue weighted by atomic mass is 16.5. The van der Waals surface area contributed by atoms with Crippen molar-refractivity contribution in [3.05, 3.63) is 59.7 Å².